The van der Waals surface area contributed by atoms with Gasteiger partial charge in [-0.2, -0.15) is 0 Å². The van der Waals surface area contributed by atoms with E-state index in [0.717, 1.165) is 30.8 Å². The molecule has 2 N–H and O–H groups in total. The van der Waals surface area contributed by atoms with Crippen molar-refractivity contribution in [3.05, 3.63) is 59.0 Å². The monoisotopic (exact) mass is 371 g/mol. The lowest BCUT2D eigenvalue weighted by Gasteiger charge is -2.27. The first-order valence-electron chi connectivity index (χ1n) is 9.10. The molecule has 1 aliphatic rings. The minimum absolute atomic E-state index is 0.00751. The Kier molecular flexibility index (Phi) is 6.49. The fraction of sp³-hybridized carbons (Fsp3) is 0.400. The van der Waals surface area contributed by atoms with Crippen LogP contribution in [0, 0.1) is 0 Å². The van der Waals surface area contributed by atoms with Crippen molar-refractivity contribution in [2.24, 2.45) is 10.9 Å². The van der Waals surface area contributed by atoms with Crippen LogP contribution in [0.3, 0.4) is 0 Å². The molecule has 0 atom stereocenters. The average molecular weight is 371 g/mol. The van der Waals surface area contributed by atoms with E-state index < -0.39 is 5.97 Å². The summed E-state index contributed by atoms with van der Waals surface area (Å²) in [6, 6.07) is 9.47. The summed E-state index contributed by atoms with van der Waals surface area (Å²) in [7, 11) is 1.31. The molecule has 2 aromatic rings. The lowest BCUT2D eigenvalue weighted by Crippen LogP contribution is -2.30. The number of esters is 1. The van der Waals surface area contributed by atoms with Gasteiger partial charge in [-0.15, -0.1) is 0 Å². The van der Waals surface area contributed by atoms with Gasteiger partial charge in [0.15, 0.2) is 18.2 Å². The van der Waals surface area contributed by atoms with Gasteiger partial charge in [-0.05, 0) is 37.6 Å². The summed E-state index contributed by atoms with van der Waals surface area (Å²) in [6.45, 7) is 3.05. The molecule has 2 heterocycles. The van der Waals surface area contributed by atoms with Crippen LogP contribution >= 0.6 is 0 Å². The van der Waals surface area contributed by atoms with Gasteiger partial charge >= 0.3 is 5.97 Å². The topological polar surface area (TPSA) is 90.3 Å². The summed E-state index contributed by atoms with van der Waals surface area (Å²) in [5.74, 6) is 0.167. The molecule has 1 aromatic carbocycles. The Morgan fingerprint density at radius 2 is 1.96 bits per heavy atom. The predicted octanol–water partition coefficient (Wildman–Crippen LogP) is 2.89. The average Bonchev–Trinajstić information content (AvgIpc) is 3.17. The zero-order valence-electron chi connectivity index (χ0n) is 15.5. The van der Waals surface area contributed by atoms with Crippen LogP contribution in [-0.4, -0.2) is 36.9 Å². The summed E-state index contributed by atoms with van der Waals surface area (Å²) in [6.07, 6.45) is 5.18. The number of carbonyl (C=O) groups is 1. The van der Waals surface area contributed by atoms with Gasteiger partial charge in [-0.25, -0.2) is 4.79 Å². The molecule has 144 valence electrons. The Morgan fingerprint density at radius 1 is 1.19 bits per heavy atom. The molecular formula is C20H25N3O4. The summed E-state index contributed by atoms with van der Waals surface area (Å²) >= 11 is 0. The summed E-state index contributed by atoms with van der Waals surface area (Å²) in [5.41, 5.74) is 8.44. The van der Waals surface area contributed by atoms with Gasteiger partial charge in [-0.3, -0.25) is 4.90 Å². The SMILES string of the molecule is COC(=O)c1ccoc1CO/N=C(/N)c1ccccc1CN1CCCCC1. The van der Waals surface area contributed by atoms with E-state index in [-0.39, 0.29) is 6.61 Å². The Labute approximate surface area is 158 Å². The first-order chi connectivity index (χ1) is 13.2. The minimum Gasteiger partial charge on any atom is -0.465 e. The van der Waals surface area contributed by atoms with E-state index >= 15 is 0 Å². The number of ether oxygens (including phenoxy) is 1. The van der Waals surface area contributed by atoms with Gasteiger partial charge in [0.2, 0.25) is 0 Å². The molecule has 7 nitrogen and oxygen atoms in total. The second kappa shape index (κ2) is 9.23. The highest BCUT2D eigenvalue weighted by atomic mass is 16.6. The molecule has 0 aliphatic carbocycles. The van der Waals surface area contributed by atoms with Crippen molar-refractivity contribution < 1.29 is 18.8 Å². The van der Waals surface area contributed by atoms with Crippen LogP contribution in [-0.2, 0) is 22.7 Å². The molecule has 1 saturated heterocycles. The maximum Gasteiger partial charge on any atom is 0.341 e. The smallest absolute Gasteiger partial charge is 0.341 e. The highest BCUT2D eigenvalue weighted by Gasteiger charge is 2.16. The van der Waals surface area contributed by atoms with Crippen LogP contribution in [0.2, 0.25) is 0 Å². The van der Waals surface area contributed by atoms with Crippen molar-refractivity contribution in [2.45, 2.75) is 32.4 Å². The van der Waals surface area contributed by atoms with E-state index in [1.54, 1.807) is 0 Å². The summed E-state index contributed by atoms with van der Waals surface area (Å²) in [4.78, 5) is 19.4. The second-order valence-electron chi connectivity index (χ2n) is 6.49. The molecular weight excluding hydrogens is 346 g/mol. The first-order valence-corrected chi connectivity index (χ1v) is 9.10. The molecule has 1 aromatic heterocycles. The number of likely N-dealkylation sites (tertiary alicyclic amines) is 1. The number of carbonyl (C=O) groups excluding carboxylic acids is 1. The molecule has 0 bridgehead atoms. The molecule has 1 aliphatic heterocycles. The van der Waals surface area contributed by atoms with Gasteiger partial charge in [0, 0.05) is 12.1 Å². The third kappa shape index (κ3) is 4.89. The normalized spacial score (nSPS) is 15.5. The van der Waals surface area contributed by atoms with Crippen molar-refractivity contribution in [2.75, 3.05) is 20.2 Å². The lowest BCUT2D eigenvalue weighted by molar-refractivity contribution is 0.0587. The third-order valence-electron chi connectivity index (χ3n) is 4.65. The van der Waals surface area contributed by atoms with Gasteiger partial charge in [0.1, 0.15) is 5.56 Å². The van der Waals surface area contributed by atoms with E-state index in [9.17, 15) is 4.79 Å². The Hall–Kier alpha value is -2.80. The number of furan rings is 1. The zero-order chi connectivity index (χ0) is 19.1. The van der Waals surface area contributed by atoms with Crippen LogP contribution in [0.15, 0.2) is 46.2 Å². The summed E-state index contributed by atoms with van der Waals surface area (Å²) in [5, 5.41) is 4.01. The molecule has 7 heteroatoms. The minimum atomic E-state index is -0.480. The Morgan fingerprint density at radius 3 is 2.74 bits per heavy atom. The van der Waals surface area contributed by atoms with Crippen molar-refractivity contribution >= 4 is 11.8 Å². The van der Waals surface area contributed by atoms with Gasteiger partial charge in [0.05, 0.1) is 13.4 Å². The number of nitrogens with two attached hydrogens (primary N) is 1. The highest BCUT2D eigenvalue weighted by molar-refractivity contribution is 5.98. The van der Waals surface area contributed by atoms with E-state index in [4.69, 9.17) is 19.7 Å². The maximum atomic E-state index is 11.6. The standard InChI is InChI=1S/C20H25N3O4/c1-25-20(24)17-9-12-26-18(17)14-27-22-19(21)16-8-4-3-7-15(16)13-23-10-5-2-6-11-23/h3-4,7-9,12H,2,5-6,10-11,13-14H2,1H3,(H2,21,22). The van der Waals surface area contributed by atoms with Crippen LogP contribution < -0.4 is 5.73 Å². The van der Waals surface area contributed by atoms with Crippen molar-refractivity contribution in [3.63, 3.8) is 0 Å². The number of piperidine rings is 1. The predicted molar refractivity (Wildman–Crippen MR) is 101 cm³/mol. The number of hydrogen-bond donors (Lipinski definition) is 1. The quantitative estimate of drug-likeness (QED) is 0.348. The number of hydrogen-bond acceptors (Lipinski definition) is 6. The summed E-state index contributed by atoms with van der Waals surface area (Å²) < 4.78 is 9.96. The van der Waals surface area contributed by atoms with E-state index in [1.165, 1.54) is 38.7 Å². The molecule has 1 fully saturated rings. The zero-order valence-corrected chi connectivity index (χ0v) is 15.5. The Balaban J connectivity index is 1.66. The maximum absolute atomic E-state index is 11.6. The highest BCUT2D eigenvalue weighted by Crippen LogP contribution is 2.17. The number of benzene rings is 1. The van der Waals surface area contributed by atoms with E-state index in [0.29, 0.717) is 17.2 Å². The molecule has 3 rings (SSSR count). The molecule has 0 unspecified atom stereocenters. The molecule has 0 spiro atoms. The number of rotatable bonds is 7. The van der Waals surface area contributed by atoms with Crippen molar-refractivity contribution in [1.29, 1.82) is 0 Å². The number of methoxy groups -OCH3 is 1. The van der Waals surface area contributed by atoms with E-state index in [2.05, 4.69) is 16.1 Å². The second-order valence-corrected chi connectivity index (χ2v) is 6.49. The van der Waals surface area contributed by atoms with Crippen molar-refractivity contribution in [1.82, 2.24) is 4.90 Å². The first kappa shape index (κ1) is 19.0. The Bertz CT molecular complexity index is 794. The number of amidine groups is 1. The molecule has 27 heavy (non-hydrogen) atoms. The van der Waals surface area contributed by atoms with Crippen LogP contribution in [0.1, 0.15) is 46.5 Å². The molecule has 0 amide bonds. The third-order valence-corrected chi connectivity index (χ3v) is 4.65. The lowest BCUT2D eigenvalue weighted by atomic mass is 10.0. The van der Waals surface area contributed by atoms with Gasteiger partial charge < -0.3 is 19.7 Å². The van der Waals surface area contributed by atoms with Crippen LogP contribution in [0.25, 0.3) is 0 Å². The van der Waals surface area contributed by atoms with Gasteiger partial charge in [-0.1, -0.05) is 35.8 Å². The number of nitrogens with zero attached hydrogens (tertiary/aromatic N) is 2. The molecule has 0 radical (unpaired) electrons. The van der Waals surface area contributed by atoms with Crippen molar-refractivity contribution in [3.8, 4) is 0 Å². The van der Waals surface area contributed by atoms with Gasteiger partial charge in [0.25, 0.3) is 0 Å². The van der Waals surface area contributed by atoms with E-state index in [1.807, 2.05) is 18.2 Å². The number of oxime groups is 1. The largest absolute Gasteiger partial charge is 0.465 e. The molecule has 0 saturated carbocycles. The van der Waals surface area contributed by atoms with Crippen LogP contribution in [0.4, 0.5) is 0 Å². The fourth-order valence-electron chi connectivity index (χ4n) is 3.22. The fourth-order valence-corrected chi connectivity index (χ4v) is 3.22. The van der Waals surface area contributed by atoms with Crippen LogP contribution in [0.5, 0.6) is 0 Å².